The normalized spacial score (nSPS) is 11.0. The molecule has 4 heteroatoms. The van der Waals surface area contributed by atoms with Gasteiger partial charge in [-0.2, -0.15) is 5.10 Å². The zero-order chi connectivity index (χ0) is 14.4. The number of aryl methyl sites for hydroxylation is 1. The van der Waals surface area contributed by atoms with Gasteiger partial charge in [-0.3, -0.25) is 0 Å². The fourth-order valence-corrected chi connectivity index (χ4v) is 1.67. The van der Waals surface area contributed by atoms with E-state index in [1.165, 1.54) is 5.56 Å². The van der Waals surface area contributed by atoms with E-state index in [2.05, 4.69) is 15.8 Å². The van der Waals surface area contributed by atoms with Crippen LogP contribution in [0.2, 0.25) is 0 Å². The second-order valence-corrected chi connectivity index (χ2v) is 4.50. The van der Waals surface area contributed by atoms with E-state index in [9.17, 15) is 4.79 Å². The molecule has 0 bridgehead atoms. The Morgan fingerprint density at radius 2 is 1.65 bits per heavy atom. The lowest BCUT2D eigenvalue weighted by Crippen LogP contribution is -2.25. The molecule has 2 aromatic carbocycles. The highest BCUT2D eigenvalue weighted by Crippen LogP contribution is 2.05. The van der Waals surface area contributed by atoms with E-state index in [0.29, 0.717) is 0 Å². The molecule has 0 atom stereocenters. The van der Waals surface area contributed by atoms with Gasteiger partial charge >= 0.3 is 6.03 Å². The Kier molecular flexibility index (Phi) is 4.50. The van der Waals surface area contributed by atoms with Crippen molar-refractivity contribution >= 4 is 17.4 Å². The summed E-state index contributed by atoms with van der Waals surface area (Å²) in [6.45, 7) is 3.88. The number of nitrogens with zero attached hydrogens (tertiary/aromatic N) is 1. The highest BCUT2D eigenvalue weighted by molar-refractivity contribution is 5.99. The molecule has 0 radical (unpaired) electrons. The molecule has 0 heterocycles. The topological polar surface area (TPSA) is 53.5 Å². The number of para-hydroxylation sites is 1. The lowest BCUT2D eigenvalue weighted by molar-refractivity contribution is 0.252. The Morgan fingerprint density at radius 1 is 1.00 bits per heavy atom. The van der Waals surface area contributed by atoms with E-state index in [1.54, 1.807) is 0 Å². The number of anilines is 1. The summed E-state index contributed by atoms with van der Waals surface area (Å²) in [5, 5.41) is 6.78. The Morgan fingerprint density at radius 3 is 2.30 bits per heavy atom. The molecule has 2 rings (SSSR count). The van der Waals surface area contributed by atoms with Crippen molar-refractivity contribution in [1.29, 1.82) is 0 Å². The number of amides is 2. The van der Waals surface area contributed by atoms with Gasteiger partial charge in [-0.05, 0) is 31.5 Å². The molecule has 0 saturated carbocycles. The van der Waals surface area contributed by atoms with Gasteiger partial charge in [0.25, 0.3) is 0 Å². The van der Waals surface area contributed by atoms with Crippen molar-refractivity contribution in [1.82, 2.24) is 5.43 Å². The minimum absolute atomic E-state index is 0.359. The number of carbonyl (C=O) groups excluding carboxylic acids is 1. The summed E-state index contributed by atoms with van der Waals surface area (Å²) in [6.07, 6.45) is 0. The third-order valence-electron chi connectivity index (χ3n) is 2.83. The van der Waals surface area contributed by atoms with E-state index in [0.717, 1.165) is 17.0 Å². The Bertz CT molecular complexity index is 603. The van der Waals surface area contributed by atoms with E-state index < -0.39 is 0 Å². The first-order valence-corrected chi connectivity index (χ1v) is 6.38. The fourth-order valence-electron chi connectivity index (χ4n) is 1.67. The van der Waals surface area contributed by atoms with Crippen molar-refractivity contribution in [2.75, 3.05) is 5.32 Å². The van der Waals surface area contributed by atoms with Crippen LogP contribution in [-0.2, 0) is 0 Å². The lowest BCUT2D eigenvalue weighted by atomic mass is 10.1. The molecule has 0 unspecified atom stereocenters. The van der Waals surface area contributed by atoms with E-state index >= 15 is 0 Å². The highest BCUT2D eigenvalue weighted by Gasteiger charge is 2.01. The third kappa shape index (κ3) is 3.95. The highest BCUT2D eigenvalue weighted by atomic mass is 16.2. The van der Waals surface area contributed by atoms with Gasteiger partial charge in [-0.25, -0.2) is 10.2 Å². The van der Waals surface area contributed by atoms with Gasteiger partial charge < -0.3 is 5.32 Å². The van der Waals surface area contributed by atoms with Crippen molar-refractivity contribution in [3.63, 3.8) is 0 Å². The predicted octanol–water partition coefficient (Wildman–Crippen LogP) is 3.54. The number of rotatable bonds is 3. The summed E-state index contributed by atoms with van der Waals surface area (Å²) < 4.78 is 0. The second kappa shape index (κ2) is 6.52. The first-order valence-electron chi connectivity index (χ1n) is 6.38. The molecule has 0 spiro atoms. The first-order chi connectivity index (χ1) is 9.65. The van der Waals surface area contributed by atoms with Gasteiger partial charge in [0.05, 0.1) is 5.71 Å². The number of hydrogen-bond donors (Lipinski definition) is 2. The largest absolute Gasteiger partial charge is 0.339 e. The maximum Gasteiger partial charge on any atom is 0.339 e. The molecule has 2 amide bonds. The molecule has 0 aromatic heterocycles. The first kappa shape index (κ1) is 13.8. The molecule has 0 fully saturated rings. The van der Waals surface area contributed by atoms with Crippen LogP contribution >= 0.6 is 0 Å². The van der Waals surface area contributed by atoms with E-state index in [4.69, 9.17) is 0 Å². The summed E-state index contributed by atoms with van der Waals surface area (Å²) in [5.41, 5.74) is 6.14. The van der Waals surface area contributed by atoms with Gasteiger partial charge in [0.1, 0.15) is 0 Å². The van der Waals surface area contributed by atoms with Gasteiger partial charge in [-0.1, -0.05) is 48.0 Å². The quantitative estimate of drug-likeness (QED) is 0.648. The average Bonchev–Trinajstić information content (AvgIpc) is 2.46. The summed E-state index contributed by atoms with van der Waals surface area (Å²) in [6, 6.07) is 16.9. The van der Waals surface area contributed by atoms with Crippen LogP contribution in [0.15, 0.2) is 59.7 Å². The second-order valence-electron chi connectivity index (χ2n) is 4.50. The molecule has 102 valence electrons. The van der Waals surface area contributed by atoms with Gasteiger partial charge in [0.15, 0.2) is 0 Å². The molecule has 2 aromatic rings. The van der Waals surface area contributed by atoms with Crippen molar-refractivity contribution in [2.24, 2.45) is 5.10 Å². The average molecular weight is 267 g/mol. The fraction of sp³-hybridized carbons (Fsp3) is 0.125. The number of urea groups is 1. The van der Waals surface area contributed by atoms with Crippen LogP contribution < -0.4 is 10.7 Å². The van der Waals surface area contributed by atoms with Crippen LogP contribution in [-0.4, -0.2) is 11.7 Å². The summed E-state index contributed by atoms with van der Waals surface area (Å²) >= 11 is 0. The maximum atomic E-state index is 11.7. The predicted molar refractivity (Wildman–Crippen MR) is 82.0 cm³/mol. The minimum Gasteiger partial charge on any atom is -0.307 e. The van der Waals surface area contributed by atoms with Crippen LogP contribution in [0.1, 0.15) is 18.1 Å². The molecular formula is C16H17N3O. The van der Waals surface area contributed by atoms with E-state index in [1.807, 2.05) is 68.4 Å². The molecular weight excluding hydrogens is 250 g/mol. The summed E-state index contributed by atoms with van der Waals surface area (Å²) in [4.78, 5) is 11.7. The number of nitrogens with one attached hydrogen (secondary N) is 2. The molecule has 20 heavy (non-hydrogen) atoms. The molecule has 0 aliphatic rings. The minimum atomic E-state index is -0.359. The van der Waals surface area contributed by atoms with Gasteiger partial charge in [-0.15, -0.1) is 0 Å². The summed E-state index contributed by atoms with van der Waals surface area (Å²) in [5.74, 6) is 0. The molecule has 0 aliphatic carbocycles. The lowest BCUT2D eigenvalue weighted by Gasteiger charge is -2.05. The van der Waals surface area contributed by atoms with Crippen molar-refractivity contribution in [3.8, 4) is 0 Å². The molecule has 0 aliphatic heterocycles. The van der Waals surface area contributed by atoms with Crippen LogP contribution in [0.25, 0.3) is 0 Å². The maximum absolute atomic E-state index is 11.7. The van der Waals surface area contributed by atoms with Crippen molar-refractivity contribution in [3.05, 3.63) is 65.7 Å². The van der Waals surface area contributed by atoms with Gasteiger partial charge in [0, 0.05) is 5.69 Å². The SMILES string of the molecule is C/C(=N/NC(=O)Nc1ccccc1)c1ccc(C)cc1. The Hall–Kier alpha value is -2.62. The van der Waals surface area contributed by atoms with Crippen molar-refractivity contribution in [2.45, 2.75) is 13.8 Å². The van der Waals surface area contributed by atoms with Crippen LogP contribution in [0.4, 0.5) is 10.5 Å². The monoisotopic (exact) mass is 267 g/mol. The van der Waals surface area contributed by atoms with E-state index in [-0.39, 0.29) is 6.03 Å². The van der Waals surface area contributed by atoms with Crippen LogP contribution in [0.3, 0.4) is 0 Å². The number of hydrazone groups is 1. The van der Waals surface area contributed by atoms with Crippen LogP contribution in [0, 0.1) is 6.92 Å². The molecule has 2 N–H and O–H groups in total. The van der Waals surface area contributed by atoms with Crippen molar-refractivity contribution < 1.29 is 4.79 Å². The zero-order valence-electron chi connectivity index (χ0n) is 11.6. The molecule has 4 nitrogen and oxygen atoms in total. The molecule has 0 saturated heterocycles. The zero-order valence-corrected chi connectivity index (χ0v) is 11.6. The Labute approximate surface area is 118 Å². The number of benzene rings is 2. The van der Waals surface area contributed by atoms with Crippen LogP contribution in [0.5, 0.6) is 0 Å². The third-order valence-corrected chi connectivity index (χ3v) is 2.83. The summed E-state index contributed by atoms with van der Waals surface area (Å²) in [7, 11) is 0. The number of hydrogen-bond acceptors (Lipinski definition) is 2. The Balaban J connectivity index is 1.95. The number of carbonyl (C=O) groups is 1. The smallest absolute Gasteiger partial charge is 0.307 e. The standard InChI is InChI=1S/C16H17N3O/c1-12-8-10-14(11-9-12)13(2)18-19-16(20)17-15-6-4-3-5-7-15/h3-11H,1-2H3,(H2,17,19,20)/b18-13-. The van der Waals surface area contributed by atoms with Gasteiger partial charge in [0.2, 0.25) is 0 Å².